The Balaban J connectivity index is 0.00000261. The number of nitrogens with zero attached hydrogens (tertiary/aromatic N) is 1. The maximum absolute atomic E-state index is 13.4. The quantitative estimate of drug-likeness (QED) is 0.782. The summed E-state index contributed by atoms with van der Waals surface area (Å²) in [5.41, 5.74) is -0.434. The van der Waals surface area contributed by atoms with Gasteiger partial charge in [-0.05, 0) is 50.8 Å². The van der Waals surface area contributed by atoms with Gasteiger partial charge in [0.25, 0.3) is 0 Å². The summed E-state index contributed by atoms with van der Waals surface area (Å²) in [4.78, 5) is 15.0. The normalized spacial score (nSPS) is 23.7. The van der Waals surface area contributed by atoms with Crippen molar-refractivity contribution in [1.82, 2.24) is 10.2 Å². The third kappa shape index (κ3) is 5.38. The van der Waals surface area contributed by atoms with Crippen molar-refractivity contribution < 1.29 is 18.0 Å². The molecule has 1 heterocycles. The van der Waals surface area contributed by atoms with Gasteiger partial charge in [0.05, 0.1) is 5.56 Å². The summed E-state index contributed by atoms with van der Waals surface area (Å²) in [5, 5.41) is 3.33. The van der Waals surface area contributed by atoms with E-state index >= 15 is 0 Å². The number of rotatable bonds is 4. The van der Waals surface area contributed by atoms with Crippen LogP contribution >= 0.6 is 12.4 Å². The molecule has 1 saturated carbocycles. The molecule has 0 unspecified atom stereocenters. The van der Waals surface area contributed by atoms with Crippen molar-refractivity contribution >= 4 is 18.3 Å². The Labute approximate surface area is 165 Å². The lowest BCUT2D eigenvalue weighted by Gasteiger charge is -2.36. The number of nitrogens with one attached hydrogen (secondary N) is 1. The van der Waals surface area contributed by atoms with E-state index in [4.69, 9.17) is 0 Å². The van der Waals surface area contributed by atoms with Crippen LogP contribution in [0.15, 0.2) is 24.3 Å². The van der Waals surface area contributed by atoms with E-state index in [0.29, 0.717) is 0 Å². The molecule has 3 rings (SSSR count). The van der Waals surface area contributed by atoms with Crippen LogP contribution in [0.5, 0.6) is 0 Å². The Morgan fingerprint density at radius 3 is 2.48 bits per heavy atom. The zero-order chi connectivity index (χ0) is 18.7. The minimum absolute atomic E-state index is 0. The van der Waals surface area contributed by atoms with E-state index in [-0.39, 0.29) is 48.4 Å². The highest BCUT2D eigenvalue weighted by Gasteiger charge is 2.37. The molecule has 1 aliphatic carbocycles. The summed E-state index contributed by atoms with van der Waals surface area (Å²) in [6, 6.07) is 5.97. The van der Waals surface area contributed by atoms with Crippen molar-refractivity contribution in [3.63, 3.8) is 0 Å². The van der Waals surface area contributed by atoms with Crippen molar-refractivity contribution in [2.24, 2.45) is 5.92 Å². The molecule has 1 N–H and O–H groups in total. The molecule has 2 atom stereocenters. The molecule has 0 spiro atoms. The number of piperidine rings is 1. The van der Waals surface area contributed by atoms with Crippen molar-refractivity contribution in [2.75, 3.05) is 6.54 Å². The number of hydrogen-bond donors (Lipinski definition) is 1. The van der Waals surface area contributed by atoms with Gasteiger partial charge in [0.1, 0.15) is 0 Å². The number of amides is 1. The third-order valence-corrected chi connectivity index (χ3v) is 5.68. The van der Waals surface area contributed by atoms with Crippen LogP contribution in [-0.2, 0) is 17.5 Å². The van der Waals surface area contributed by atoms with Crippen molar-refractivity contribution in [2.45, 2.75) is 70.3 Å². The zero-order valence-electron chi connectivity index (χ0n) is 15.6. The standard InChI is InChI=1S/C20H27F3N2O.ClH/c1-14-12-15(10-11-24-14)19(26)25(17-7-3-4-8-17)13-16-6-2-5-9-18(16)20(21,22)23;/h2,5-6,9,14-15,17,24H,3-4,7-8,10-13H2,1H3;1H/t14-,15-;/m0./s1. The molecule has 1 aromatic carbocycles. The molecule has 1 aromatic rings. The summed E-state index contributed by atoms with van der Waals surface area (Å²) in [6.45, 7) is 2.89. The second kappa shape index (κ2) is 9.28. The molecular weight excluding hydrogens is 377 g/mol. The maximum Gasteiger partial charge on any atom is 0.416 e. The van der Waals surface area contributed by atoms with Crippen LogP contribution in [0.3, 0.4) is 0 Å². The highest BCUT2D eigenvalue weighted by molar-refractivity contribution is 5.85. The number of carbonyl (C=O) groups is 1. The minimum Gasteiger partial charge on any atom is -0.335 e. The van der Waals surface area contributed by atoms with Crippen LogP contribution in [0, 0.1) is 5.92 Å². The van der Waals surface area contributed by atoms with Crippen LogP contribution < -0.4 is 5.32 Å². The number of alkyl halides is 3. The first-order chi connectivity index (χ1) is 12.4. The molecule has 0 radical (unpaired) electrons. The molecule has 0 aromatic heterocycles. The lowest BCUT2D eigenvalue weighted by atomic mass is 9.91. The third-order valence-electron chi connectivity index (χ3n) is 5.68. The topological polar surface area (TPSA) is 32.3 Å². The first kappa shape index (κ1) is 22.0. The second-order valence-electron chi connectivity index (χ2n) is 7.64. The van der Waals surface area contributed by atoms with Gasteiger partial charge in [-0.1, -0.05) is 31.0 Å². The second-order valence-corrected chi connectivity index (χ2v) is 7.64. The molecule has 1 aliphatic heterocycles. The molecule has 0 bridgehead atoms. The van der Waals surface area contributed by atoms with Crippen molar-refractivity contribution in [3.8, 4) is 0 Å². The Bertz CT molecular complexity index is 632. The largest absolute Gasteiger partial charge is 0.416 e. The van der Waals surface area contributed by atoms with E-state index in [1.165, 1.54) is 12.1 Å². The van der Waals surface area contributed by atoms with Gasteiger partial charge in [-0.2, -0.15) is 13.2 Å². The van der Waals surface area contributed by atoms with E-state index in [0.717, 1.165) is 51.1 Å². The van der Waals surface area contributed by atoms with Gasteiger partial charge >= 0.3 is 6.18 Å². The molecule has 1 saturated heterocycles. The first-order valence-electron chi connectivity index (χ1n) is 9.55. The Morgan fingerprint density at radius 1 is 1.19 bits per heavy atom. The summed E-state index contributed by atoms with van der Waals surface area (Å²) < 4.78 is 40.1. The molecule has 152 valence electrons. The number of benzene rings is 1. The summed E-state index contributed by atoms with van der Waals surface area (Å²) in [5.74, 6) is -0.0628. The van der Waals surface area contributed by atoms with Gasteiger partial charge in [-0.25, -0.2) is 0 Å². The summed E-state index contributed by atoms with van der Waals surface area (Å²) in [7, 11) is 0. The molecule has 3 nitrogen and oxygen atoms in total. The van der Waals surface area contributed by atoms with Gasteiger partial charge < -0.3 is 10.2 Å². The molecular formula is C20H28ClF3N2O. The van der Waals surface area contributed by atoms with Gasteiger partial charge in [-0.3, -0.25) is 4.79 Å². The molecule has 1 amide bonds. The van der Waals surface area contributed by atoms with Crippen molar-refractivity contribution in [3.05, 3.63) is 35.4 Å². The van der Waals surface area contributed by atoms with E-state index in [9.17, 15) is 18.0 Å². The fraction of sp³-hybridized carbons (Fsp3) is 0.650. The van der Waals surface area contributed by atoms with Crippen LogP contribution in [0.2, 0.25) is 0 Å². The number of hydrogen-bond acceptors (Lipinski definition) is 2. The average molecular weight is 405 g/mol. The summed E-state index contributed by atoms with van der Waals surface area (Å²) in [6.07, 6.45) is 0.970. The van der Waals surface area contributed by atoms with E-state index in [2.05, 4.69) is 12.2 Å². The first-order valence-corrected chi connectivity index (χ1v) is 9.55. The Hall–Kier alpha value is -1.27. The van der Waals surface area contributed by atoms with Gasteiger partial charge in [0.15, 0.2) is 0 Å². The smallest absolute Gasteiger partial charge is 0.335 e. The van der Waals surface area contributed by atoms with E-state index in [1.807, 2.05) is 0 Å². The maximum atomic E-state index is 13.4. The zero-order valence-corrected chi connectivity index (χ0v) is 16.4. The van der Waals surface area contributed by atoms with Gasteiger partial charge in [-0.15, -0.1) is 12.4 Å². The molecule has 2 aliphatic rings. The number of halogens is 4. The van der Waals surface area contributed by atoms with E-state index < -0.39 is 11.7 Å². The van der Waals surface area contributed by atoms with Crippen LogP contribution in [0.25, 0.3) is 0 Å². The van der Waals surface area contributed by atoms with Gasteiger partial charge in [0, 0.05) is 24.5 Å². The molecule has 27 heavy (non-hydrogen) atoms. The Kier molecular flexibility index (Phi) is 7.57. The SMILES string of the molecule is C[C@H]1C[C@@H](C(=O)N(Cc2ccccc2C(F)(F)F)C2CCCC2)CCN1.Cl. The van der Waals surface area contributed by atoms with Gasteiger partial charge in [0.2, 0.25) is 5.91 Å². The lowest BCUT2D eigenvalue weighted by Crippen LogP contribution is -2.47. The van der Waals surface area contributed by atoms with Crippen LogP contribution in [0.4, 0.5) is 13.2 Å². The fourth-order valence-corrected chi connectivity index (χ4v) is 4.31. The fourth-order valence-electron chi connectivity index (χ4n) is 4.31. The highest BCUT2D eigenvalue weighted by Crippen LogP contribution is 2.34. The average Bonchev–Trinajstić information content (AvgIpc) is 3.13. The number of carbonyl (C=O) groups excluding carboxylic acids is 1. The predicted octanol–water partition coefficient (Wildman–Crippen LogP) is 4.79. The molecule has 2 fully saturated rings. The Morgan fingerprint density at radius 2 is 1.85 bits per heavy atom. The van der Waals surface area contributed by atoms with Crippen LogP contribution in [-0.4, -0.2) is 29.4 Å². The van der Waals surface area contributed by atoms with E-state index in [1.54, 1.807) is 11.0 Å². The monoisotopic (exact) mass is 404 g/mol. The molecule has 7 heteroatoms. The van der Waals surface area contributed by atoms with Crippen LogP contribution in [0.1, 0.15) is 56.6 Å². The highest BCUT2D eigenvalue weighted by atomic mass is 35.5. The summed E-state index contributed by atoms with van der Waals surface area (Å²) >= 11 is 0. The predicted molar refractivity (Wildman–Crippen MR) is 102 cm³/mol. The van der Waals surface area contributed by atoms with Crippen molar-refractivity contribution in [1.29, 1.82) is 0 Å². The lowest BCUT2D eigenvalue weighted by molar-refractivity contribution is -0.143. The minimum atomic E-state index is -4.40.